The van der Waals surface area contributed by atoms with E-state index in [1.807, 2.05) is 0 Å². The van der Waals surface area contributed by atoms with Gasteiger partial charge in [0.25, 0.3) is 5.91 Å². The van der Waals surface area contributed by atoms with Crippen LogP contribution in [-0.2, 0) is 19.4 Å². The van der Waals surface area contributed by atoms with Crippen molar-refractivity contribution in [3.8, 4) is 0 Å². The van der Waals surface area contributed by atoms with Crippen LogP contribution in [0.3, 0.4) is 0 Å². The van der Waals surface area contributed by atoms with Crippen LogP contribution in [0.5, 0.6) is 0 Å². The summed E-state index contributed by atoms with van der Waals surface area (Å²) >= 11 is 1.62. The molecule has 1 spiro atoms. The highest BCUT2D eigenvalue weighted by Gasteiger charge is 2.53. The van der Waals surface area contributed by atoms with E-state index in [9.17, 15) is 22.8 Å². The van der Waals surface area contributed by atoms with Crippen LogP contribution < -0.4 is 5.32 Å². The van der Waals surface area contributed by atoms with Crippen LogP contribution in [0, 0.1) is 0 Å². The lowest BCUT2D eigenvalue weighted by molar-refractivity contribution is -0.142. The first kappa shape index (κ1) is 20.0. The highest BCUT2D eigenvalue weighted by molar-refractivity contribution is 7.99. The molecular formula is C18H27N3O5S2. The fourth-order valence-corrected chi connectivity index (χ4v) is 7.97. The number of hydrogen-bond donors (Lipinski definition) is 1. The van der Waals surface area contributed by atoms with E-state index < -0.39 is 21.4 Å². The molecular weight excluding hydrogens is 402 g/mol. The van der Waals surface area contributed by atoms with Crippen molar-refractivity contribution in [3.63, 3.8) is 0 Å². The molecule has 3 aliphatic heterocycles. The molecule has 4 aliphatic rings. The Labute approximate surface area is 169 Å². The van der Waals surface area contributed by atoms with E-state index in [0.29, 0.717) is 18.6 Å². The summed E-state index contributed by atoms with van der Waals surface area (Å²) in [5, 5.41) is 2.79. The molecule has 2 unspecified atom stereocenters. The van der Waals surface area contributed by atoms with E-state index >= 15 is 0 Å². The lowest BCUT2D eigenvalue weighted by Gasteiger charge is -2.38. The van der Waals surface area contributed by atoms with Crippen molar-refractivity contribution >= 4 is 39.4 Å². The van der Waals surface area contributed by atoms with E-state index in [4.69, 9.17) is 0 Å². The molecule has 3 saturated heterocycles. The number of carbonyl (C=O) groups excluding carboxylic acids is 3. The maximum atomic E-state index is 13.2. The summed E-state index contributed by atoms with van der Waals surface area (Å²) in [5.74, 6) is 0.795. The molecule has 1 saturated carbocycles. The number of sulfone groups is 1. The van der Waals surface area contributed by atoms with Gasteiger partial charge in [-0.15, -0.1) is 0 Å². The second-order valence-corrected chi connectivity index (χ2v) is 11.7. The SMILES string of the molecule is O=C1NC2(CCSC2)C(=O)N1CC(=O)N(C1CCCCC1)C1CCS(=O)(=O)C1. The van der Waals surface area contributed by atoms with Crippen LogP contribution in [0.25, 0.3) is 0 Å². The van der Waals surface area contributed by atoms with Crippen LogP contribution >= 0.6 is 11.8 Å². The second kappa shape index (κ2) is 7.51. The average Bonchev–Trinajstić information content (AvgIpc) is 3.32. The summed E-state index contributed by atoms with van der Waals surface area (Å²) in [6.07, 6.45) is 5.86. The summed E-state index contributed by atoms with van der Waals surface area (Å²) in [4.78, 5) is 41.3. The minimum Gasteiger partial charge on any atom is -0.334 e. The van der Waals surface area contributed by atoms with Gasteiger partial charge in [-0.25, -0.2) is 13.2 Å². The number of thioether (sulfide) groups is 1. The predicted molar refractivity (Wildman–Crippen MR) is 106 cm³/mol. The Morgan fingerprint density at radius 1 is 1.18 bits per heavy atom. The summed E-state index contributed by atoms with van der Waals surface area (Å²) in [7, 11) is -3.14. The van der Waals surface area contributed by atoms with E-state index in [1.54, 1.807) is 16.7 Å². The van der Waals surface area contributed by atoms with Gasteiger partial charge < -0.3 is 10.2 Å². The highest BCUT2D eigenvalue weighted by Crippen LogP contribution is 2.34. The molecule has 0 bridgehead atoms. The maximum absolute atomic E-state index is 13.2. The fraction of sp³-hybridized carbons (Fsp3) is 0.833. The number of rotatable bonds is 4. The van der Waals surface area contributed by atoms with Gasteiger partial charge in [0.15, 0.2) is 9.84 Å². The van der Waals surface area contributed by atoms with Crippen molar-refractivity contribution in [1.82, 2.24) is 15.1 Å². The Balaban J connectivity index is 1.52. The third-order valence-corrected chi connectivity index (χ3v) is 9.36. The van der Waals surface area contributed by atoms with Gasteiger partial charge in [-0.05, 0) is 31.4 Å². The molecule has 0 aromatic heterocycles. The minimum atomic E-state index is -3.14. The first-order chi connectivity index (χ1) is 13.3. The number of hydrogen-bond acceptors (Lipinski definition) is 6. The molecule has 8 nitrogen and oxygen atoms in total. The number of amides is 4. The molecule has 0 radical (unpaired) electrons. The monoisotopic (exact) mass is 429 g/mol. The van der Waals surface area contributed by atoms with Gasteiger partial charge in [-0.3, -0.25) is 14.5 Å². The summed E-state index contributed by atoms with van der Waals surface area (Å²) in [6.45, 7) is -0.301. The number of imide groups is 1. The van der Waals surface area contributed by atoms with E-state index in [-0.39, 0.29) is 41.9 Å². The minimum absolute atomic E-state index is 0.00341. The van der Waals surface area contributed by atoms with Crippen molar-refractivity contribution in [2.75, 3.05) is 29.6 Å². The molecule has 0 aromatic carbocycles. The van der Waals surface area contributed by atoms with Gasteiger partial charge in [0.1, 0.15) is 12.1 Å². The first-order valence-corrected chi connectivity index (χ1v) is 13.0. The molecule has 0 aromatic rings. The number of urea groups is 1. The van der Waals surface area contributed by atoms with E-state index in [2.05, 4.69) is 5.32 Å². The van der Waals surface area contributed by atoms with Crippen LogP contribution in [0.2, 0.25) is 0 Å². The molecule has 2 atom stereocenters. The fourth-order valence-electron chi connectivity index (χ4n) is 4.93. The summed E-state index contributed by atoms with van der Waals surface area (Å²) in [6, 6.07) is -0.864. The van der Waals surface area contributed by atoms with Crippen molar-refractivity contribution < 1.29 is 22.8 Å². The quantitative estimate of drug-likeness (QED) is 0.662. The van der Waals surface area contributed by atoms with Gasteiger partial charge in [-0.1, -0.05) is 19.3 Å². The lowest BCUT2D eigenvalue weighted by Crippen LogP contribution is -2.53. The Morgan fingerprint density at radius 2 is 1.93 bits per heavy atom. The molecule has 28 heavy (non-hydrogen) atoms. The number of nitrogens with zero attached hydrogens (tertiary/aromatic N) is 2. The lowest BCUT2D eigenvalue weighted by atomic mass is 9.92. The van der Waals surface area contributed by atoms with Gasteiger partial charge in [0, 0.05) is 17.8 Å². The standard InChI is InChI=1S/C18H27N3O5S2/c22-15(10-20-16(23)18(19-17(20)24)7-8-27-12-18)21(13-4-2-1-3-5-13)14-6-9-28(25,26)11-14/h13-14H,1-12H2,(H,19,24). The molecule has 1 N–H and O–H groups in total. The van der Waals surface area contributed by atoms with Crippen LogP contribution in [0.4, 0.5) is 4.79 Å². The van der Waals surface area contributed by atoms with Crippen molar-refractivity contribution in [2.45, 2.75) is 62.6 Å². The van der Waals surface area contributed by atoms with Gasteiger partial charge >= 0.3 is 6.03 Å². The van der Waals surface area contributed by atoms with Crippen molar-refractivity contribution in [1.29, 1.82) is 0 Å². The third kappa shape index (κ3) is 3.65. The molecule has 10 heteroatoms. The molecule has 4 rings (SSSR count). The Kier molecular flexibility index (Phi) is 5.37. The largest absolute Gasteiger partial charge is 0.334 e. The molecule has 156 valence electrons. The first-order valence-electron chi connectivity index (χ1n) is 10.0. The molecule has 1 aliphatic carbocycles. The predicted octanol–water partition coefficient (Wildman–Crippen LogP) is 0.762. The van der Waals surface area contributed by atoms with Crippen LogP contribution in [0.15, 0.2) is 0 Å². The van der Waals surface area contributed by atoms with Gasteiger partial charge in [0.2, 0.25) is 5.91 Å². The normalized spacial score (nSPS) is 32.9. The van der Waals surface area contributed by atoms with Crippen LogP contribution in [0.1, 0.15) is 44.9 Å². The van der Waals surface area contributed by atoms with Gasteiger partial charge in [-0.2, -0.15) is 11.8 Å². The van der Waals surface area contributed by atoms with Crippen molar-refractivity contribution in [2.24, 2.45) is 0 Å². The zero-order chi connectivity index (χ0) is 19.9. The number of carbonyl (C=O) groups is 3. The van der Waals surface area contributed by atoms with Crippen molar-refractivity contribution in [3.05, 3.63) is 0 Å². The van der Waals surface area contributed by atoms with E-state index in [0.717, 1.165) is 42.8 Å². The maximum Gasteiger partial charge on any atom is 0.325 e. The second-order valence-electron chi connectivity index (χ2n) is 8.36. The molecule has 3 heterocycles. The topological polar surface area (TPSA) is 104 Å². The number of nitrogens with one attached hydrogen (secondary N) is 1. The average molecular weight is 430 g/mol. The Bertz CT molecular complexity index is 772. The summed E-state index contributed by atoms with van der Waals surface area (Å²) in [5.41, 5.74) is -0.867. The zero-order valence-corrected chi connectivity index (χ0v) is 17.5. The summed E-state index contributed by atoms with van der Waals surface area (Å²) < 4.78 is 24.0. The smallest absolute Gasteiger partial charge is 0.325 e. The Hall–Kier alpha value is -1.29. The molecule has 4 fully saturated rings. The van der Waals surface area contributed by atoms with Gasteiger partial charge in [0.05, 0.1) is 11.5 Å². The highest BCUT2D eigenvalue weighted by atomic mass is 32.2. The van der Waals surface area contributed by atoms with Crippen LogP contribution in [-0.4, -0.2) is 83.2 Å². The van der Waals surface area contributed by atoms with E-state index in [1.165, 1.54) is 0 Å². The third-order valence-electron chi connectivity index (χ3n) is 6.42. The zero-order valence-electron chi connectivity index (χ0n) is 15.9. The Morgan fingerprint density at radius 3 is 2.54 bits per heavy atom. The molecule has 4 amide bonds.